The molecule has 5 rings (SSSR count). The molecule has 2 aromatic carbocycles. The monoisotopic (exact) mass is 685 g/mol. The molecule has 1 amide bonds. The fourth-order valence-electron chi connectivity index (χ4n) is 5.92. The van der Waals surface area contributed by atoms with E-state index in [1.165, 1.54) is 12.1 Å². The van der Waals surface area contributed by atoms with Crippen molar-refractivity contribution >= 4 is 29.1 Å². The van der Waals surface area contributed by atoms with Gasteiger partial charge in [-0.1, -0.05) is 35.9 Å². The molecule has 0 spiro atoms. The Kier molecular flexibility index (Phi) is 10.6. The third kappa shape index (κ3) is 7.92. The molecule has 0 bridgehead atoms. The summed E-state index contributed by atoms with van der Waals surface area (Å²) in [6.07, 6.45) is -1.01. The van der Waals surface area contributed by atoms with Gasteiger partial charge in [0, 0.05) is 43.5 Å². The lowest BCUT2D eigenvalue weighted by atomic mass is 10.00. The van der Waals surface area contributed by atoms with E-state index in [-0.39, 0.29) is 17.5 Å². The number of rotatable bonds is 12. The van der Waals surface area contributed by atoms with Gasteiger partial charge in [-0.05, 0) is 67.8 Å². The quantitative estimate of drug-likeness (QED) is 0.135. The molecule has 4 aromatic rings. The van der Waals surface area contributed by atoms with Crippen LogP contribution in [0, 0.1) is 0 Å². The van der Waals surface area contributed by atoms with Crippen LogP contribution < -0.4 is 15.5 Å². The summed E-state index contributed by atoms with van der Waals surface area (Å²) in [5, 5.41) is 24.0. The van der Waals surface area contributed by atoms with E-state index >= 15 is 0 Å². The first-order valence-electron chi connectivity index (χ1n) is 15.5. The Bertz CT molecular complexity index is 1750. The highest BCUT2D eigenvalue weighted by Crippen LogP contribution is 2.39. The third-order valence-corrected chi connectivity index (χ3v) is 8.84. The van der Waals surface area contributed by atoms with Crippen LogP contribution in [-0.2, 0) is 17.5 Å². The van der Waals surface area contributed by atoms with Gasteiger partial charge in [-0.25, -0.2) is 0 Å². The maximum Gasteiger partial charge on any atom is 0.416 e. The molecule has 256 valence electrons. The van der Waals surface area contributed by atoms with Crippen LogP contribution in [0.3, 0.4) is 0 Å². The molecule has 3 unspecified atom stereocenters. The van der Waals surface area contributed by atoms with Crippen LogP contribution in [0.2, 0.25) is 5.02 Å². The van der Waals surface area contributed by atoms with E-state index in [1.54, 1.807) is 12.3 Å². The zero-order valence-electron chi connectivity index (χ0n) is 27.1. The van der Waals surface area contributed by atoms with Crippen LogP contribution in [0.25, 0.3) is 22.4 Å². The standard InChI is InChI=1S/C34H39ClF3N7O3/c1-19-5-12-26(40-19)29(47)17-45(4)16-22-7-6-21(13-25(22)35)30-31(42-43-32(30)44(2)3)23-14-27(39-15-23)33(48)41-28(18-46)20-8-10-24(11-9-20)34(36,37)38/h6-11,13-15,19,26,28,39-40,46H,5,12,16-18H2,1-4H3,(H,41,48)(H,42,43). The Balaban J connectivity index is 1.33. The number of Topliss-reactive ketones (excluding diaryl/α,β-unsaturated/α-hetero) is 1. The smallest absolute Gasteiger partial charge is 0.394 e. The summed E-state index contributed by atoms with van der Waals surface area (Å²) in [6.45, 7) is 2.37. The minimum absolute atomic E-state index is 0.112. The van der Waals surface area contributed by atoms with Gasteiger partial charge in [-0.15, -0.1) is 0 Å². The lowest BCUT2D eigenvalue weighted by Crippen LogP contribution is -2.40. The van der Waals surface area contributed by atoms with Gasteiger partial charge >= 0.3 is 6.18 Å². The molecule has 48 heavy (non-hydrogen) atoms. The second-order valence-electron chi connectivity index (χ2n) is 12.5. The van der Waals surface area contributed by atoms with Gasteiger partial charge in [0.2, 0.25) is 0 Å². The first kappa shape index (κ1) is 35.1. The fourth-order valence-corrected chi connectivity index (χ4v) is 6.16. The predicted molar refractivity (Wildman–Crippen MR) is 179 cm³/mol. The number of halogens is 4. The van der Waals surface area contributed by atoms with Gasteiger partial charge in [0.15, 0.2) is 11.6 Å². The van der Waals surface area contributed by atoms with Crippen LogP contribution in [-0.4, -0.2) is 83.3 Å². The Hall–Kier alpha value is -4.17. The molecular weight excluding hydrogens is 647 g/mol. The molecule has 3 heterocycles. The van der Waals surface area contributed by atoms with E-state index in [0.717, 1.165) is 41.7 Å². The highest BCUT2D eigenvalue weighted by atomic mass is 35.5. The molecule has 0 aliphatic carbocycles. The second-order valence-corrected chi connectivity index (χ2v) is 12.9. The van der Waals surface area contributed by atoms with Crippen molar-refractivity contribution < 1.29 is 27.9 Å². The van der Waals surface area contributed by atoms with Crippen LogP contribution in [0.1, 0.15) is 53.0 Å². The number of aromatic nitrogens is 3. The van der Waals surface area contributed by atoms with Crippen molar-refractivity contribution in [2.75, 3.05) is 39.2 Å². The number of aromatic amines is 2. The van der Waals surface area contributed by atoms with Gasteiger partial charge in [0.25, 0.3) is 5.91 Å². The lowest BCUT2D eigenvalue weighted by molar-refractivity contribution is -0.137. The number of hydrogen-bond acceptors (Lipinski definition) is 7. The van der Waals surface area contributed by atoms with Crippen LogP contribution in [0.15, 0.2) is 54.7 Å². The van der Waals surface area contributed by atoms with Gasteiger partial charge in [-0.3, -0.25) is 19.6 Å². The Labute approximate surface area is 281 Å². The SMILES string of the molecule is CC1CCC(C(=O)CN(C)Cc2ccc(-c3c(N(C)C)n[nH]c3-c3c[nH]c(C(=O)NC(CO)c4ccc(C(F)(F)F)cc4)c3)cc2Cl)N1. The summed E-state index contributed by atoms with van der Waals surface area (Å²) < 4.78 is 38.9. The Morgan fingerprint density at radius 2 is 1.81 bits per heavy atom. The van der Waals surface area contributed by atoms with E-state index in [4.69, 9.17) is 11.6 Å². The average Bonchev–Trinajstić information content (AvgIpc) is 3.80. The molecule has 1 aliphatic heterocycles. The molecule has 0 saturated carbocycles. The molecule has 0 radical (unpaired) electrons. The van der Waals surface area contributed by atoms with Crippen molar-refractivity contribution in [3.63, 3.8) is 0 Å². The summed E-state index contributed by atoms with van der Waals surface area (Å²) >= 11 is 6.79. The van der Waals surface area contributed by atoms with E-state index in [0.29, 0.717) is 46.8 Å². The zero-order valence-corrected chi connectivity index (χ0v) is 27.8. The number of nitrogens with zero attached hydrogens (tertiary/aromatic N) is 3. The normalized spacial score (nSPS) is 17.1. The summed E-state index contributed by atoms with van der Waals surface area (Å²) in [7, 11) is 5.61. The summed E-state index contributed by atoms with van der Waals surface area (Å²) in [5.41, 5.74) is 3.34. The first-order chi connectivity index (χ1) is 22.7. The Morgan fingerprint density at radius 1 is 1.08 bits per heavy atom. The number of H-pyrrole nitrogens is 2. The van der Waals surface area contributed by atoms with Gasteiger partial charge in [-0.2, -0.15) is 18.3 Å². The number of anilines is 1. The van der Waals surface area contributed by atoms with E-state index in [1.807, 2.05) is 49.1 Å². The lowest BCUT2D eigenvalue weighted by Gasteiger charge is -2.20. The topological polar surface area (TPSA) is 129 Å². The van der Waals surface area contributed by atoms with Crippen molar-refractivity contribution in [1.82, 2.24) is 30.7 Å². The van der Waals surface area contributed by atoms with Crippen molar-refractivity contribution in [3.8, 4) is 22.4 Å². The Morgan fingerprint density at radius 3 is 2.42 bits per heavy atom. The number of nitrogens with one attached hydrogen (secondary N) is 4. The van der Waals surface area contributed by atoms with Crippen molar-refractivity contribution in [1.29, 1.82) is 0 Å². The predicted octanol–water partition coefficient (Wildman–Crippen LogP) is 5.41. The van der Waals surface area contributed by atoms with E-state index in [2.05, 4.69) is 32.7 Å². The van der Waals surface area contributed by atoms with Crippen LogP contribution in [0.4, 0.5) is 19.0 Å². The van der Waals surface area contributed by atoms with Crippen LogP contribution in [0.5, 0.6) is 0 Å². The van der Waals surface area contributed by atoms with Gasteiger partial charge < -0.3 is 25.6 Å². The van der Waals surface area contributed by atoms with Crippen LogP contribution >= 0.6 is 11.6 Å². The second kappa shape index (κ2) is 14.5. The van der Waals surface area contributed by atoms with E-state index < -0.39 is 30.3 Å². The zero-order chi connectivity index (χ0) is 34.7. The number of carbonyl (C=O) groups excluding carboxylic acids is 2. The minimum atomic E-state index is -4.49. The largest absolute Gasteiger partial charge is 0.416 e. The van der Waals surface area contributed by atoms with Gasteiger partial charge in [0.05, 0.1) is 42.1 Å². The molecule has 2 aromatic heterocycles. The molecule has 1 aliphatic rings. The number of alkyl halides is 3. The first-order valence-corrected chi connectivity index (χ1v) is 15.9. The molecule has 1 fully saturated rings. The number of amides is 1. The molecular formula is C34H39ClF3N7O3. The maximum absolute atomic E-state index is 13.1. The number of aliphatic hydroxyl groups excluding tert-OH is 1. The molecule has 1 saturated heterocycles. The van der Waals surface area contributed by atoms with Gasteiger partial charge in [0.1, 0.15) is 5.69 Å². The number of benzene rings is 2. The number of hydrogen-bond donors (Lipinski definition) is 5. The summed E-state index contributed by atoms with van der Waals surface area (Å²) in [5.74, 6) is 0.256. The number of ketones is 1. The molecule has 5 N–H and O–H groups in total. The highest BCUT2D eigenvalue weighted by Gasteiger charge is 2.31. The molecule has 14 heteroatoms. The molecule has 10 nitrogen and oxygen atoms in total. The minimum Gasteiger partial charge on any atom is -0.394 e. The average molecular weight is 686 g/mol. The number of likely N-dealkylation sites (N-methyl/N-ethyl adjacent to an activating group) is 1. The third-order valence-electron chi connectivity index (χ3n) is 8.49. The van der Waals surface area contributed by atoms with Crippen molar-refractivity contribution in [2.45, 2.75) is 50.6 Å². The fraction of sp³-hybridized carbons (Fsp3) is 0.382. The molecule has 3 atom stereocenters. The van der Waals surface area contributed by atoms with E-state index in [9.17, 15) is 27.9 Å². The van der Waals surface area contributed by atoms with Crippen molar-refractivity contribution in [2.24, 2.45) is 0 Å². The number of carbonyl (C=O) groups is 2. The summed E-state index contributed by atoms with van der Waals surface area (Å²) in [6, 6.07) is 10.9. The number of aliphatic hydroxyl groups is 1. The summed E-state index contributed by atoms with van der Waals surface area (Å²) in [4.78, 5) is 32.6. The van der Waals surface area contributed by atoms with Crippen molar-refractivity contribution in [3.05, 3.63) is 82.1 Å². The highest BCUT2D eigenvalue weighted by molar-refractivity contribution is 6.31. The maximum atomic E-state index is 13.1.